The van der Waals surface area contributed by atoms with Gasteiger partial charge in [-0.1, -0.05) is 25.1 Å². The van der Waals surface area contributed by atoms with Gasteiger partial charge in [-0.25, -0.2) is 0 Å². The highest BCUT2D eigenvalue weighted by Crippen LogP contribution is 2.42. The molecule has 1 atom stereocenters. The highest BCUT2D eigenvalue weighted by atomic mass is 19.4. The maximum Gasteiger partial charge on any atom is 0.435 e. The van der Waals surface area contributed by atoms with Gasteiger partial charge in [0, 0.05) is 17.3 Å². The summed E-state index contributed by atoms with van der Waals surface area (Å²) >= 11 is 0. The Morgan fingerprint density at radius 3 is 2.46 bits per heavy atom. The van der Waals surface area contributed by atoms with Crippen molar-refractivity contribution in [2.45, 2.75) is 52.3 Å². The average molecular weight is 365 g/mol. The number of nitrogens with zero attached hydrogens (tertiary/aromatic N) is 2. The van der Waals surface area contributed by atoms with Crippen LogP contribution in [0.2, 0.25) is 0 Å². The summed E-state index contributed by atoms with van der Waals surface area (Å²) in [6, 6.07) is 6.84. The van der Waals surface area contributed by atoms with Crippen LogP contribution in [0.25, 0.3) is 0 Å². The zero-order valence-corrected chi connectivity index (χ0v) is 15.0. The molecule has 1 aliphatic rings. The molecule has 3 rings (SSSR count). The van der Waals surface area contributed by atoms with E-state index in [1.807, 2.05) is 32.0 Å². The minimum Gasteiger partial charge on any atom is -0.325 e. The van der Waals surface area contributed by atoms with Crippen LogP contribution in [-0.4, -0.2) is 15.7 Å². The number of carbonyl (C=O) groups is 1. The molecular weight excluding hydrogens is 343 g/mol. The van der Waals surface area contributed by atoms with Gasteiger partial charge in [0.05, 0.1) is 12.5 Å². The second-order valence-corrected chi connectivity index (χ2v) is 7.07. The number of benzene rings is 1. The largest absolute Gasteiger partial charge is 0.435 e. The van der Waals surface area contributed by atoms with Crippen LogP contribution < -0.4 is 5.32 Å². The van der Waals surface area contributed by atoms with E-state index in [2.05, 4.69) is 10.4 Å². The topological polar surface area (TPSA) is 46.9 Å². The fraction of sp³-hybridized carbons (Fsp3) is 0.474. The smallest absolute Gasteiger partial charge is 0.325 e. The van der Waals surface area contributed by atoms with Gasteiger partial charge in [-0.05, 0) is 43.9 Å². The van der Waals surface area contributed by atoms with Crippen molar-refractivity contribution in [1.82, 2.24) is 9.78 Å². The van der Waals surface area contributed by atoms with Crippen LogP contribution in [0.1, 0.15) is 48.2 Å². The van der Waals surface area contributed by atoms with E-state index < -0.39 is 17.8 Å². The summed E-state index contributed by atoms with van der Waals surface area (Å²) in [5.41, 5.74) is 2.33. The molecule has 4 nitrogen and oxygen atoms in total. The van der Waals surface area contributed by atoms with Crippen molar-refractivity contribution in [3.8, 4) is 0 Å². The number of aromatic nitrogens is 2. The summed E-state index contributed by atoms with van der Waals surface area (Å²) in [5, 5.41) is 6.62. The molecule has 1 aromatic carbocycles. The Bertz CT molecular complexity index is 802. The van der Waals surface area contributed by atoms with Crippen LogP contribution in [0.4, 0.5) is 18.9 Å². The predicted octanol–water partition coefficient (Wildman–Crippen LogP) is 4.67. The minimum atomic E-state index is -4.47. The van der Waals surface area contributed by atoms with E-state index in [-0.39, 0.29) is 18.4 Å². The third kappa shape index (κ3) is 3.92. The van der Waals surface area contributed by atoms with Gasteiger partial charge < -0.3 is 5.32 Å². The Hall–Kier alpha value is -2.31. The van der Waals surface area contributed by atoms with Crippen LogP contribution in [0.15, 0.2) is 24.3 Å². The first-order valence-electron chi connectivity index (χ1n) is 8.69. The lowest BCUT2D eigenvalue weighted by Gasteiger charge is -2.17. The van der Waals surface area contributed by atoms with Gasteiger partial charge >= 0.3 is 6.18 Å². The molecule has 2 aromatic rings. The molecule has 1 heterocycles. The number of rotatable bonds is 5. The van der Waals surface area contributed by atoms with Crippen molar-refractivity contribution in [3.63, 3.8) is 0 Å². The summed E-state index contributed by atoms with van der Waals surface area (Å²) in [7, 11) is 0. The van der Waals surface area contributed by atoms with E-state index in [1.165, 1.54) is 4.68 Å². The van der Waals surface area contributed by atoms with Crippen molar-refractivity contribution in [2.24, 2.45) is 5.92 Å². The molecular formula is C19H22F3N3O. The van der Waals surface area contributed by atoms with Crippen molar-refractivity contribution in [1.29, 1.82) is 0 Å². The van der Waals surface area contributed by atoms with Crippen LogP contribution in [-0.2, 0) is 17.5 Å². The number of nitrogens with one attached hydrogen (secondary N) is 1. The number of halogens is 3. The van der Waals surface area contributed by atoms with Crippen LogP contribution >= 0.6 is 0 Å². The molecule has 26 heavy (non-hydrogen) atoms. The van der Waals surface area contributed by atoms with E-state index >= 15 is 0 Å². The first-order chi connectivity index (χ1) is 12.2. The SMILES string of the molecule is Cc1cccc(C)c1NC(=O)C(C)Cn1nc(C(F)(F)F)cc1C1CC1. The van der Waals surface area contributed by atoms with Gasteiger partial charge in [0.15, 0.2) is 5.69 Å². The highest BCUT2D eigenvalue weighted by molar-refractivity contribution is 5.93. The second-order valence-electron chi connectivity index (χ2n) is 7.07. The fourth-order valence-electron chi connectivity index (χ4n) is 3.02. The number of alkyl halides is 3. The quantitative estimate of drug-likeness (QED) is 0.837. The summed E-state index contributed by atoms with van der Waals surface area (Å²) in [6.45, 7) is 5.64. The summed E-state index contributed by atoms with van der Waals surface area (Å²) in [4.78, 5) is 12.5. The molecule has 1 aromatic heterocycles. The Kier molecular flexibility index (Phi) is 4.82. The molecule has 0 spiro atoms. The molecule has 0 bridgehead atoms. The molecule has 1 N–H and O–H groups in total. The zero-order valence-electron chi connectivity index (χ0n) is 15.0. The van der Waals surface area contributed by atoms with Gasteiger partial charge in [-0.2, -0.15) is 18.3 Å². The van der Waals surface area contributed by atoms with Gasteiger partial charge in [0.25, 0.3) is 0 Å². The molecule has 1 fully saturated rings. The normalized spacial score (nSPS) is 15.8. The Morgan fingerprint density at radius 2 is 1.92 bits per heavy atom. The maximum atomic E-state index is 13.0. The number of hydrogen-bond donors (Lipinski definition) is 1. The fourth-order valence-corrected chi connectivity index (χ4v) is 3.02. The van der Waals surface area contributed by atoms with E-state index in [4.69, 9.17) is 0 Å². The molecule has 0 radical (unpaired) electrons. The third-order valence-electron chi connectivity index (χ3n) is 4.72. The van der Waals surface area contributed by atoms with Gasteiger partial charge in [0.2, 0.25) is 5.91 Å². The number of hydrogen-bond acceptors (Lipinski definition) is 2. The predicted molar refractivity (Wildman–Crippen MR) is 92.9 cm³/mol. The van der Waals surface area contributed by atoms with Gasteiger partial charge in [-0.15, -0.1) is 0 Å². The van der Waals surface area contributed by atoms with E-state index in [0.717, 1.165) is 35.7 Å². The first-order valence-corrected chi connectivity index (χ1v) is 8.69. The number of amides is 1. The Balaban J connectivity index is 1.76. The lowest BCUT2D eigenvalue weighted by molar-refractivity contribution is -0.141. The Labute approximate surface area is 150 Å². The van der Waals surface area contributed by atoms with Crippen molar-refractivity contribution in [2.75, 3.05) is 5.32 Å². The molecule has 0 saturated heterocycles. The molecule has 1 unspecified atom stereocenters. The molecule has 1 amide bonds. The number of para-hydroxylation sites is 1. The van der Waals surface area contributed by atoms with Crippen LogP contribution in [0.5, 0.6) is 0 Å². The van der Waals surface area contributed by atoms with E-state index in [0.29, 0.717) is 5.69 Å². The second kappa shape index (κ2) is 6.78. The van der Waals surface area contributed by atoms with Crippen molar-refractivity contribution >= 4 is 11.6 Å². The first kappa shape index (κ1) is 18.5. The Morgan fingerprint density at radius 1 is 1.31 bits per heavy atom. The molecule has 0 aliphatic heterocycles. The lowest BCUT2D eigenvalue weighted by Crippen LogP contribution is -2.26. The molecule has 140 valence electrons. The summed E-state index contributed by atoms with van der Waals surface area (Å²) < 4.78 is 40.3. The zero-order chi connectivity index (χ0) is 19.1. The third-order valence-corrected chi connectivity index (χ3v) is 4.72. The van der Waals surface area contributed by atoms with Gasteiger partial charge in [-0.3, -0.25) is 9.48 Å². The molecule has 1 aliphatic carbocycles. The van der Waals surface area contributed by atoms with Crippen LogP contribution in [0, 0.1) is 19.8 Å². The molecule has 1 saturated carbocycles. The lowest BCUT2D eigenvalue weighted by atomic mass is 10.1. The number of aryl methyl sites for hydroxylation is 2. The average Bonchev–Trinajstić information content (AvgIpc) is 3.30. The minimum absolute atomic E-state index is 0.118. The summed E-state index contributed by atoms with van der Waals surface area (Å²) in [6.07, 6.45) is -2.74. The monoisotopic (exact) mass is 365 g/mol. The van der Waals surface area contributed by atoms with Crippen molar-refractivity contribution in [3.05, 3.63) is 46.8 Å². The van der Waals surface area contributed by atoms with Gasteiger partial charge in [0.1, 0.15) is 0 Å². The molecule has 7 heteroatoms. The number of anilines is 1. The van der Waals surface area contributed by atoms with E-state index in [9.17, 15) is 18.0 Å². The standard InChI is InChI=1S/C19H22F3N3O/c1-11-5-4-6-12(2)17(11)23-18(26)13(3)10-25-15(14-7-8-14)9-16(24-25)19(20,21)22/h4-6,9,13-14H,7-8,10H2,1-3H3,(H,23,26). The van der Waals surface area contributed by atoms with Crippen molar-refractivity contribution < 1.29 is 18.0 Å². The van der Waals surface area contributed by atoms with Crippen LogP contribution in [0.3, 0.4) is 0 Å². The maximum absolute atomic E-state index is 13.0. The number of carbonyl (C=O) groups excluding carboxylic acids is 1. The van der Waals surface area contributed by atoms with E-state index in [1.54, 1.807) is 6.92 Å². The summed E-state index contributed by atoms with van der Waals surface area (Å²) in [5.74, 6) is -0.617. The highest BCUT2D eigenvalue weighted by Gasteiger charge is 2.38.